The molecular formula is C16H25BFNO4S. The third kappa shape index (κ3) is 3.82. The van der Waals surface area contributed by atoms with Gasteiger partial charge in [0.15, 0.2) is 0 Å². The van der Waals surface area contributed by atoms with Crippen molar-refractivity contribution in [3.05, 3.63) is 24.0 Å². The van der Waals surface area contributed by atoms with Crippen LogP contribution in [0, 0.1) is 5.82 Å². The summed E-state index contributed by atoms with van der Waals surface area (Å²) in [6.45, 7) is 12.7. The molecular weight excluding hydrogens is 332 g/mol. The van der Waals surface area contributed by atoms with E-state index in [9.17, 15) is 12.8 Å². The minimum atomic E-state index is -3.80. The van der Waals surface area contributed by atoms with Crippen LogP contribution in [0.15, 0.2) is 23.1 Å². The van der Waals surface area contributed by atoms with Crippen LogP contribution < -0.4 is 10.2 Å². The van der Waals surface area contributed by atoms with Gasteiger partial charge in [-0.1, -0.05) is 6.07 Å². The van der Waals surface area contributed by atoms with Crippen molar-refractivity contribution >= 4 is 22.6 Å². The lowest BCUT2D eigenvalue weighted by atomic mass is 9.79. The van der Waals surface area contributed by atoms with Crippen molar-refractivity contribution < 1.29 is 22.1 Å². The highest BCUT2D eigenvalue weighted by atomic mass is 32.2. The fourth-order valence-electron chi connectivity index (χ4n) is 2.30. The van der Waals surface area contributed by atoms with Crippen LogP contribution >= 0.6 is 0 Å². The number of hydrogen-bond donors (Lipinski definition) is 1. The molecule has 0 bridgehead atoms. The van der Waals surface area contributed by atoms with Gasteiger partial charge < -0.3 is 9.31 Å². The van der Waals surface area contributed by atoms with E-state index in [1.807, 2.05) is 27.7 Å². The monoisotopic (exact) mass is 357 g/mol. The van der Waals surface area contributed by atoms with E-state index in [0.717, 1.165) is 6.07 Å². The molecule has 0 aliphatic carbocycles. The quantitative estimate of drug-likeness (QED) is 0.843. The van der Waals surface area contributed by atoms with Crippen molar-refractivity contribution in [1.82, 2.24) is 4.72 Å². The SMILES string of the molecule is CC(C)(C)NS(=O)(=O)c1ccc(B2OC(C)(C)C(C)(C)O2)c(F)c1. The Morgan fingerprint density at radius 2 is 1.58 bits per heavy atom. The molecule has 2 rings (SSSR count). The van der Waals surface area contributed by atoms with E-state index in [2.05, 4.69) is 4.72 Å². The maximum atomic E-state index is 14.5. The molecule has 0 unspecified atom stereocenters. The predicted octanol–water partition coefficient (Wildman–Crippen LogP) is 2.20. The molecule has 0 radical (unpaired) electrons. The van der Waals surface area contributed by atoms with Crippen LogP contribution in [0.1, 0.15) is 48.5 Å². The Morgan fingerprint density at radius 1 is 1.08 bits per heavy atom. The molecule has 1 fully saturated rings. The van der Waals surface area contributed by atoms with Crippen molar-refractivity contribution in [2.45, 2.75) is 70.1 Å². The standard InChI is InChI=1S/C16H25BFNO4S/c1-14(2,3)19-24(20,21)11-8-9-12(13(18)10-11)17-22-15(4,5)16(6,7)23-17/h8-10,19H,1-7H3. The number of halogens is 1. The first-order valence-corrected chi connectivity index (χ1v) is 9.32. The maximum absolute atomic E-state index is 14.5. The molecule has 1 aliphatic rings. The first-order chi connectivity index (χ1) is 10.6. The summed E-state index contributed by atoms with van der Waals surface area (Å²) in [5.74, 6) is -0.676. The molecule has 1 aromatic carbocycles. The number of rotatable bonds is 3. The van der Waals surface area contributed by atoms with Crippen LogP contribution in [-0.4, -0.2) is 32.3 Å². The first-order valence-electron chi connectivity index (χ1n) is 7.84. The molecule has 0 atom stereocenters. The number of nitrogens with one attached hydrogen (secondary N) is 1. The van der Waals surface area contributed by atoms with Gasteiger partial charge in [-0.3, -0.25) is 0 Å². The molecule has 24 heavy (non-hydrogen) atoms. The highest BCUT2D eigenvalue weighted by Crippen LogP contribution is 2.36. The smallest absolute Gasteiger partial charge is 0.399 e. The van der Waals surface area contributed by atoms with Crippen molar-refractivity contribution in [2.24, 2.45) is 0 Å². The second-order valence-electron chi connectivity index (χ2n) is 8.13. The van der Waals surface area contributed by atoms with Gasteiger partial charge in [0.05, 0.1) is 16.1 Å². The lowest BCUT2D eigenvalue weighted by Gasteiger charge is -2.32. The third-order valence-corrected chi connectivity index (χ3v) is 5.99. The Balaban J connectivity index is 2.32. The van der Waals surface area contributed by atoms with E-state index in [4.69, 9.17) is 9.31 Å². The normalized spacial score (nSPS) is 20.4. The summed E-state index contributed by atoms with van der Waals surface area (Å²) >= 11 is 0. The van der Waals surface area contributed by atoms with E-state index in [1.54, 1.807) is 20.8 Å². The molecule has 1 aromatic rings. The van der Waals surface area contributed by atoms with Gasteiger partial charge in [-0.15, -0.1) is 0 Å². The molecule has 1 N–H and O–H groups in total. The highest BCUT2D eigenvalue weighted by Gasteiger charge is 2.52. The van der Waals surface area contributed by atoms with Crippen LogP contribution in [0.5, 0.6) is 0 Å². The zero-order chi connectivity index (χ0) is 18.6. The summed E-state index contributed by atoms with van der Waals surface area (Å²) in [7, 11) is -4.67. The summed E-state index contributed by atoms with van der Waals surface area (Å²) in [5.41, 5.74) is -1.66. The molecule has 0 saturated carbocycles. The van der Waals surface area contributed by atoms with E-state index in [-0.39, 0.29) is 10.4 Å². The number of hydrogen-bond acceptors (Lipinski definition) is 4. The van der Waals surface area contributed by atoms with E-state index >= 15 is 0 Å². The maximum Gasteiger partial charge on any atom is 0.497 e. The van der Waals surface area contributed by atoms with E-state index < -0.39 is 39.7 Å². The van der Waals surface area contributed by atoms with Crippen LogP contribution in [0.2, 0.25) is 0 Å². The molecule has 0 amide bonds. The first kappa shape index (κ1) is 19.4. The number of sulfonamides is 1. The molecule has 1 heterocycles. The minimum absolute atomic E-state index is 0.129. The summed E-state index contributed by atoms with van der Waals surface area (Å²) < 4.78 is 53.2. The molecule has 1 saturated heterocycles. The third-order valence-electron chi connectivity index (χ3n) is 4.23. The van der Waals surface area contributed by atoms with Gasteiger partial charge in [-0.25, -0.2) is 17.5 Å². The Bertz CT molecular complexity index is 725. The van der Waals surface area contributed by atoms with Gasteiger partial charge in [0.25, 0.3) is 0 Å². The highest BCUT2D eigenvalue weighted by molar-refractivity contribution is 7.89. The Hall–Kier alpha value is -0.955. The molecule has 0 aromatic heterocycles. The van der Waals surface area contributed by atoms with Crippen LogP contribution in [0.3, 0.4) is 0 Å². The molecule has 134 valence electrons. The Kier molecular flexibility index (Phi) is 4.68. The average Bonchev–Trinajstić information content (AvgIpc) is 2.54. The van der Waals surface area contributed by atoms with Crippen LogP contribution in [0.4, 0.5) is 4.39 Å². The second-order valence-corrected chi connectivity index (χ2v) is 9.81. The Morgan fingerprint density at radius 3 is 2.00 bits per heavy atom. The van der Waals surface area contributed by atoms with Crippen molar-refractivity contribution in [2.75, 3.05) is 0 Å². The zero-order valence-electron chi connectivity index (χ0n) is 15.2. The number of benzene rings is 1. The molecule has 1 aliphatic heterocycles. The average molecular weight is 357 g/mol. The Labute approximate surface area is 144 Å². The van der Waals surface area contributed by atoms with Gasteiger partial charge in [0, 0.05) is 11.0 Å². The second kappa shape index (κ2) is 5.80. The van der Waals surface area contributed by atoms with Crippen LogP contribution in [-0.2, 0) is 19.3 Å². The topological polar surface area (TPSA) is 64.6 Å². The fourth-order valence-corrected chi connectivity index (χ4v) is 3.73. The lowest BCUT2D eigenvalue weighted by molar-refractivity contribution is 0.00578. The lowest BCUT2D eigenvalue weighted by Crippen LogP contribution is -2.41. The van der Waals surface area contributed by atoms with Crippen molar-refractivity contribution in [3.63, 3.8) is 0 Å². The predicted molar refractivity (Wildman–Crippen MR) is 92.2 cm³/mol. The van der Waals surface area contributed by atoms with Gasteiger partial charge >= 0.3 is 7.12 Å². The van der Waals surface area contributed by atoms with Gasteiger partial charge in [-0.05, 0) is 60.6 Å². The van der Waals surface area contributed by atoms with Crippen LogP contribution in [0.25, 0.3) is 0 Å². The minimum Gasteiger partial charge on any atom is -0.399 e. The van der Waals surface area contributed by atoms with Gasteiger partial charge in [0.2, 0.25) is 10.0 Å². The largest absolute Gasteiger partial charge is 0.497 e. The summed E-state index contributed by atoms with van der Waals surface area (Å²) in [6, 6.07) is 3.75. The van der Waals surface area contributed by atoms with E-state index in [0.29, 0.717) is 0 Å². The fraction of sp³-hybridized carbons (Fsp3) is 0.625. The van der Waals surface area contributed by atoms with Crippen molar-refractivity contribution in [3.8, 4) is 0 Å². The van der Waals surface area contributed by atoms with Gasteiger partial charge in [0.1, 0.15) is 5.82 Å². The summed E-state index contributed by atoms with van der Waals surface area (Å²) in [4.78, 5) is -0.129. The molecule has 5 nitrogen and oxygen atoms in total. The summed E-state index contributed by atoms with van der Waals surface area (Å²) in [6.07, 6.45) is 0. The van der Waals surface area contributed by atoms with E-state index in [1.165, 1.54) is 12.1 Å². The zero-order valence-corrected chi connectivity index (χ0v) is 16.0. The molecule has 8 heteroatoms. The van der Waals surface area contributed by atoms with Crippen molar-refractivity contribution in [1.29, 1.82) is 0 Å². The summed E-state index contributed by atoms with van der Waals surface area (Å²) in [5, 5.41) is 0. The van der Waals surface area contributed by atoms with Gasteiger partial charge in [-0.2, -0.15) is 0 Å². The molecule has 0 spiro atoms.